The van der Waals surface area contributed by atoms with E-state index in [9.17, 15) is 4.79 Å². The van der Waals surface area contributed by atoms with E-state index in [2.05, 4.69) is 54.8 Å². The Labute approximate surface area is 433 Å². The monoisotopic (exact) mass is 996 g/mol. The van der Waals surface area contributed by atoms with Gasteiger partial charge in [0.25, 0.3) is 5.56 Å². The molecule has 0 unspecified atom stereocenters. The minimum absolute atomic E-state index is 0.131. The smallest absolute Gasteiger partial charge is 0.282 e. The van der Waals surface area contributed by atoms with Crippen molar-refractivity contribution in [3.05, 3.63) is 168 Å². The Balaban J connectivity index is 0.955. The highest BCUT2D eigenvalue weighted by Gasteiger charge is 2.30. The zero-order chi connectivity index (χ0) is 50.7. The lowest BCUT2D eigenvalue weighted by Crippen LogP contribution is -2.30. The number of H-pyrrole nitrogens is 1. The third kappa shape index (κ3) is 9.30. The van der Waals surface area contributed by atoms with Gasteiger partial charge in [-0.25, -0.2) is 19.9 Å². The molecule has 0 amide bonds. The van der Waals surface area contributed by atoms with Crippen molar-refractivity contribution in [2.45, 2.75) is 45.1 Å². The molecule has 16 nitrogen and oxygen atoms in total. The molecule has 0 aliphatic carbocycles. The molecule has 0 atom stereocenters. The van der Waals surface area contributed by atoms with Gasteiger partial charge in [0.1, 0.15) is 58.4 Å². The average Bonchev–Trinajstić information content (AvgIpc) is 4.06. The van der Waals surface area contributed by atoms with Crippen molar-refractivity contribution >= 4 is 45.9 Å². The van der Waals surface area contributed by atoms with Gasteiger partial charge >= 0.3 is 0 Å². The van der Waals surface area contributed by atoms with Gasteiger partial charge in [-0.15, -0.1) is 0 Å². The molecule has 0 radical (unpaired) electrons. The van der Waals surface area contributed by atoms with Crippen LogP contribution in [0.25, 0.3) is 56.1 Å². The Morgan fingerprint density at radius 3 is 1.73 bits per heavy atom. The number of benzene rings is 4. The number of fused-ring (bicyclic) bond motifs is 2. The zero-order valence-electron chi connectivity index (χ0n) is 41.9. The number of hydrogen-bond donors (Lipinski definition) is 3. The van der Waals surface area contributed by atoms with Crippen molar-refractivity contribution in [2.24, 2.45) is 0 Å². The summed E-state index contributed by atoms with van der Waals surface area (Å²) >= 11 is 0. The number of nitrogens with one attached hydrogen (secondary N) is 3. The lowest BCUT2D eigenvalue weighted by Gasteiger charge is -2.28. The maximum Gasteiger partial charge on any atom is 0.282 e. The summed E-state index contributed by atoms with van der Waals surface area (Å²) in [6.07, 6.45) is 10.1. The van der Waals surface area contributed by atoms with Crippen molar-refractivity contribution in [2.75, 3.05) is 60.8 Å². The van der Waals surface area contributed by atoms with Crippen LogP contribution in [-0.4, -0.2) is 79.6 Å². The van der Waals surface area contributed by atoms with Crippen molar-refractivity contribution < 1.29 is 14.2 Å². The molecule has 2 aliphatic heterocycles. The second-order valence-corrected chi connectivity index (χ2v) is 18.8. The third-order valence-corrected chi connectivity index (χ3v) is 14.0. The first-order valence-corrected chi connectivity index (χ1v) is 25.6. The fraction of sp³-hybridized carbons (Fsp3) is 0.220. The van der Waals surface area contributed by atoms with Gasteiger partial charge in [0.05, 0.1) is 31.0 Å². The number of rotatable bonds is 15. The van der Waals surface area contributed by atoms with Crippen LogP contribution in [0.1, 0.15) is 44.1 Å². The predicted octanol–water partition coefficient (Wildman–Crippen LogP) is 11.6. The number of hydrogen-bond acceptors (Lipinski definition) is 13. The lowest BCUT2D eigenvalue weighted by molar-refractivity contribution is 0.287. The maximum atomic E-state index is 15.0. The highest BCUT2D eigenvalue weighted by atomic mass is 16.5. The topological polar surface area (TPSA) is 164 Å². The molecule has 2 aliphatic rings. The highest BCUT2D eigenvalue weighted by Crippen LogP contribution is 2.44. The molecule has 2 fully saturated rings. The number of anilines is 6. The van der Waals surface area contributed by atoms with Crippen LogP contribution in [0.15, 0.2) is 157 Å². The number of aromatic nitrogens is 8. The zero-order valence-corrected chi connectivity index (χ0v) is 41.9. The largest absolute Gasteiger partial charge is 0.497 e. The first kappa shape index (κ1) is 46.9. The summed E-state index contributed by atoms with van der Waals surface area (Å²) in [4.78, 5) is 40.0. The van der Waals surface area contributed by atoms with Crippen LogP contribution < -0.4 is 40.2 Å². The summed E-state index contributed by atoms with van der Waals surface area (Å²) < 4.78 is 21.6. The average molecular weight is 997 g/mol. The third-order valence-electron chi connectivity index (χ3n) is 14.0. The van der Waals surface area contributed by atoms with Crippen LogP contribution in [0.2, 0.25) is 0 Å². The fourth-order valence-corrected chi connectivity index (χ4v) is 10.3. The molecule has 0 saturated carbocycles. The van der Waals surface area contributed by atoms with E-state index in [0.29, 0.717) is 62.9 Å². The van der Waals surface area contributed by atoms with E-state index in [0.717, 1.165) is 109 Å². The molecular weight excluding hydrogens is 941 g/mol. The highest BCUT2D eigenvalue weighted by molar-refractivity contribution is 5.92. The van der Waals surface area contributed by atoms with Crippen molar-refractivity contribution in [3.8, 4) is 62.1 Å². The molecule has 12 rings (SSSR count). The Bertz CT molecular complexity index is 3650. The van der Waals surface area contributed by atoms with Gasteiger partial charge in [0.2, 0.25) is 5.88 Å². The van der Waals surface area contributed by atoms with Crippen LogP contribution in [0, 0.1) is 0 Å². The minimum atomic E-state index is -0.246. The van der Waals surface area contributed by atoms with E-state index < -0.39 is 0 Å². The van der Waals surface area contributed by atoms with Gasteiger partial charge in [-0.2, -0.15) is 14.1 Å². The van der Waals surface area contributed by atoms with Gasteiger partial charge in [-0.1, -0.05) is 97.1 Å². The van der Waals surface area contributed by atoms with Gasteiger partial charge in [0.15, 0.2) is 11.3 Å². The number of aromatic amines is 1. The minimum Gasteiger partial charge on any atom is -0.497 e. The van der Waals surface area contributed by atoms with E-state index in [4.69, 9.17) is 34.3 Å². The number of piperidine rings is 2. The second kappa shape index (κ2) is 20.7. The summed E-state index contributed by atoms with van der Waals surface area (Å²) in [6.45, 7) is 3.62. The molecular formula is C59H56N12O4. The van der Waals surface area contributed by atoms with Crippen LogP contribution in [0.5, 0.6) is 17.4 Å². The first-order chi connectivity index (χ1) is 37.0. The van der Waals surface area contributed by atoms with E-state index >= 15 is 0 Å². The summed E-state index contributed by atoms with van der Waals surface area (Å²) in [5.74, 6) is 3.96. The van der Waals surface area contributed by atoms with E-state index in [1.54, 1.807) is 31.1 Å². The quantitative estimate of drug-likeness (QED) is 0.0890. The van der Waals surface area contributed by atoms with Crippen LogP contribution in [-0.2, 0) is 6.61 Å². The lowest BCUT2D eigenvalue weighted by atomic mass is 10.1. The maximum absolute atomic E-state index is 15.0. The molecule has 8 heterocycles. The molecule has 376 valence electrons. The van der Waals surface area contributed by atoms with Gasteiger partial charge in [-0.05, 0) is 92.1 Å². The summed E-state index contributed by atoms with van der Waals surface area (Å²) in [6, 6.07) is 45.3. The van der Waals surface area contributed by atoms with Crippen molar-refractivity contribution in [3.63, 3.8) is 0 Å². The Morgan fingerprint density at radius 1 is 0.560 bits per heavy atom. The number of pyridine rings is 2. The van der Waals surface area contributed by atoms with Crippen LogP contribution in [0.3, 0.4) is 0 Å². The number of nitrogens with zero attached hydrogens (tertiary/aromatic N) is 9. The van der Waals surface area contributed by atoms with Crippen molar-refractivity contribution in [1.29, 1.82) is 0 Å². The van der Waals surface area contributed by atoms with Crippen LogP contribution in [0.4, 0.5) is 34.6 Å². The van der Waals surface area contributed by atoms with Gasteiger partial charge < -0.3 is 34.6 Å². The van der Waals surface area contributed by atoms with Crippen molar-refractivity contribution in [1.82, 2.24) is 39.2 Å². The molecule has 10 aromatic rings. The molecule has 2 saturated heterocycles. The Morgan fingerprint density at radius 2 is 1.13 bits per heavy atom. The molecule has 6 aromatic heterocycles. The summed E-state index contributed by atoms with van der Waals surface area (Å²) in [5.41, 5.74) is 9.81. The molecule has 4 aromatic carbocycles. The normalized spacial score (nSPS) is 13.8. The predicted molar refractivity (Wildman–Crippen MR) is 295 cm³/mol. The standard InChI is InChI=1S/C59H56N12O4/c1-73-44-27-23-40(24-28-44)48-54(64-56-52(68-33-13-5-14-34-68)50(66-70(56)58(48)72)42-17-7-3-8-18-42)63-47-31-22-39(37-61-47)38-75-59-49(41-25-29-45(74-2)30-26-41)55(62-46-21-11-12-32-60-46)65-57-53(69-35-15-6-16-36-69)51(67-71(57)59)43-19-9-4-10-20-43/h3-4,7-12,17-32,37,66H,5-6,13-16,33-36,38H2,1-2H3,(H,61,63)(H,60,62,65). The second-order valence-electron chi connectivity index (χ2n) is 18.8. The van der Waals surface area contributed by atoms with E-state index in [1.807, 2.05) is 120 Å². The van der Waals surface area contributed by atoms with E-state index in [-0.39, 0.29) is 12.2 Å². The van der Waals surface area contributed by atoms with Gasteiger partial charge in [-0.3, -0.25) is 9.89 Å². The van der Waals surface area contributed by atoms with Crippen LogP contribution >= 0.6 is 0 Å². The molecule has 16 heteroatoms. The molecule has 75 heavy (non-hydrogen) atoms. The van der Waals surface area contributed by atoms with E-state index in [1.165, 1.54) is 6.42 Å². The number of methoxy groups -OCH3 is 2. The molecule has 3 N–H and O–H groups in total. The summed E-state index contributed by atoms with van der Waals surface area (Å²) in [7, 11) is 3.28. The SMILES string of the molecule is COc1ccc(-c2c(Nc3ccccn3)nc3c(N4CCCCC4)c(-c4ccccc4)nn3c2OCc2ccc(Nc3nc4c(N5CCCCC5)c(-c5ccccc5)[nH]n4c(=O)c3-c3ccc(OC)cc3)nc2)cc1. The number of ether oxygens (including phenoxy) is 3. The molecule has 0 spiro atoms. The Hall–Kier alpha value is -9.18. The Kier molecular flexibility index (Phi) is 13.0. The fourth-order valence-electron chi connectivity index (χ4n) is 10.3. The summed E-state index contributed by atoms with van der Waals surface area (Å²) in [5, 5.41) is 15.9. The van der Waals surface area contributed by atoms with Gasteiger partial charge in [0, 0.05) is 55.3 Å². The molecule has 0 bridgehead atoms. The first-order valence-electron chi connectivity index (χ1n) is 25.6.